The van der Waals surface area contributed by atoms with E-state index in [1.165, 1.54) is 16.6 Å². The molecule has 0 unspecified atom stereocenters. The fraction of sp³-hybridized carbons (Fsp3) is 0.250. The number of fused-ring (bicyclic) bond motifs is 1. The van der Waals surface area contributed by atoms with Gasteiger partial charge in [0.15, 0.2) is 0 Å². The summed E-state index contributed by atoms with van der Waals surface area (Å²) in [6.07, 6.45) is 1.99. The first-order valence-corrected chi connectivity index (χ1v) is 8.95. The smallest absolute Gasteiger partial charge is 0.0567 e. The molecule has 0 atom stereocenters. The molecule has 0 amide bonds. The van der Waals surface area contributed by atoms with Crippen molar-refractivity contribution in [3.63, 3.8) is 0 Å². The molecular formula is C20H21ClN4. The Hall–Kier alpha value is -2.46. The van der Waals surface area contributed by atoms with Gasteiger partial charge < -0.3 is 9.88 Å². The maximum Gasteiger partial charge on any atom is 0.0567 e. The second-order valence-corrected chi connectivity index (χ2v) is 6.81. The van der Waals surface area contributed by atoms with Crippen LogP contribution in [0.5, 0.6) is 0 Å². The van der Waals surface area contributed by atoms with Gasteiger partial charge in [0.1, 0.15) is 0 Å². The highest BCUT2D eigenvalue weighted by molar-refractivity contribution is 6.30. The number of aromatic nitrogens is 1. The monoisotopic (exact) mass is 352 g/mol. The van der Waals surface area contributed by atoms with Crippen LogP contribution in [0.4, 0.5) is 5.69 Å². The fourth-order valence-corrected chi connectivity index (χ4v) is 3.45. The summed E-state index contributed by atoms with van der Waals surface area (Å²) in [5, 5.41) is 8.87. The molecule has 25 heavy (non-hydrogen) atoms. The van der Waals surface area contributed by atoms with Gasteiger partial charge >= 0.3 is 0 Å². The number of hydrazone groups is 1. The Morgan fingerprint density at radius 3 is 2.48 bits per heavy atom. The average molecular weight is 353 g/mol. The molecule has 0 bridgehead atoms. The summed E-state index contributed by atoms with van der Waals surface area (Å²) in [7, 11) is 0. The first-order chi connectivity index (χ1) is 12.2. The Morgan fingerprint density at radius 2 is 1.72 bits per heavy atom. The number of aryl methyl sites for hydroxylation is 1. The fourth-order valence-electron chi connectivity index (χ4n) is 3.33. The molecule has 0 saturated carbocycles. The summed E-state index contributed by atoms with van der Waals surface area (Å²) < 4.78 is 0. The number of benzene rings is 2. The van der Waals surface area contributed by atoms with E-state index in [9.17, 15) is 0 Å². The molecule has 128 valence electrons. The van der Waals surface area contributed by atoms with Crippen molar-refractivity contribution >= 4 is 34.4 Å². The van der Waals surface area contributed by atoms with E-state index < -0.39 is 0 Å². The zero-order chi connectivity index (χ0) is 17.2. The number of hydrogen-bond acceptors (Lipinski definition) is 3. The second kappa shape index (κ2) is 6.81. The molecule has 4 nitrogen and oxygen atoms in total. The summed E-state index contributed by atoms with van der Waals surface area (Å²) >= 11 is 5.97. The van der Waals surface area contributed by atoms with Gasteiger partial charge in [0.2, 0.25) is 0 Å². The number of nitrogens with zero attached hydrogens (tertiary/aromatic N) is 3. The normalized spacial score (nSPS) is 15.4. The van der Waals surface area contributed by atoms with Crippen molar-refractivity contribution in [1.82, 2.24) is 9.99 Å². The highest BCUT2D eigenvalue weighted by atomic mass is 35.5. The van der Waals surface area contributed by atoms with Crippen molar-refractivity contribution in [2.45, 2.75) is 6.92 Å². The van der Waals surface area contributed by atoms with Gasteiger partial charge in [-0.3, -0.25) is 5.01 Å². The van der Waals surface area contributed by atoms with Gasteiger partial charge in [-0.15, -0.1) is 0 Å². The van der Waals surface area contributed by atoms with Gasteiger partial charge in [-0.1, -0.05) is 29.8 Å². The number of aromatic amines is 1. The van der Waals surface area contributed by atoms with E-state index in [1.807, 2.05) is 18.3 Å². The Bertz CT molecular complexity index is 890. The van der Waals surface area contributed by atoms with Crippen LogP contribution in [-0.4, -0.2) is 42.4 Å². The van der Waals surface area contributed by atoms with Crippen molar-refractivity contribution in [2.24, 2.45) is 5.10 Å². The third-order valence-electron chi connectivity index (χ3n) is 4.74. The zero-order valence-corrected chi connectivity index (χ0v) is 15.0. The summed E-state index contributed by atoms with van der Waals surface area (Å²) in [6, 6.07) is 16.4. The lowest BCUT2D eigenvalue weighted by Crippen LogP contribution is -2.44. The number of anilines is 1. The van der Waals surface area contributed by atoms with Gasteiger partial charge in [-0.05, 0) is 37.3 Å². The maximum absolute atomic E-state index is 5.97. The van der Waals surface area contributed by atoms with Gasteiger partial charge in [-0.25, -0.2) is 0 Å². The van der Waals surface area contributed by atoms with Crippen molar-refractivity contribution in [1.29, 1.82) is 0 Å². The summed E-state index contributed by atoms with van der Waals surface area (Å²) in [5.74, 6) is 0. The molecule has 2 aromatic carbocycles. The molecule has 0 spiro atoms. The van der Waals surface area contributed by atoms with Crippen molar-refractivity contribution in [3.8, 4) is 0 Å². The lowest BCUT2D eigenvalue weighted by Gasteiger charge is -2.34. The van der Waals surface area contributed by atoms with Gasteiger partial charge in [-0.2, -0.15) is 5.10 Å². The molecule has 1 saturated heterocycles. The molecule has 0 aliphatic carbocycles. The first kappa shape index (κ1) is 16.0. The van der Waals surface area contributed by atoms with Crippen molar-refractivity contribution < 1.29 is 0 Å². The molecule has 3 aromatic rings. The number of nitrogens with one attached hydrogen (secondary N) is 1. The van der Waals surface area contributed by atoms with Gasteiger partial charge in [0.05, 0.1) is 19.3 Å². The van der Waals surface area contributed by atoms with Crippen LogP contribution in [0.1, 0.15) is 11.3 Å². The number of rotatable bonds is 3. The molecule has 0 radical (unpaired) electrons. The number of para-hydroxylation sites is 1. The quantitative estimate of drug-likeness (QED) is 0.714. The van der Waals surface area contributed by atoms with Crippen LogP contribution in [0.3, 0.4) is 0 Å². The molecule has 4 rings (SSSR count). The molecule has 1 aliphatic heterocycles. The van der Waals surface area contributed by atoms with Gasteiger partial charge in [0, 0.05) is 46.0 Å². The van der Waals surface area contributed by atoms with E-state index >= 15 is 0 Å². The topological polar surface area (TPSA) is 34.6 Å². The molecular weight excluding hydrogens is 332 g/mol. The van der Waals surface area contributed by atoms with Crippen LogP contribution in [0.2, 0.25) is 5.02 Å². The minimum atomic E-state index is 0.779. The van der Waals surface area contributed by atoms with E-state index in [0.29, 0.717) is 0 Å². The van der Waals surface area contributed by atoms with Crippen LogP contribution in [0, 0.1) is 6.92 Å². The van der Waals surface area contributed by atoms with Crippen LogP contribution < -0.4 is 4.90 Å². The SMILES string of the molecule is Cc1[nH]c2ccccc2c1C=NN1CCN(c2ccc(Cl)cc2)CC1. The highest BCUT2D eigenvalue weighted by Gasteiger charge is 2.16. The lowest BCUT2D eigenvalue weighted by molar-refractivity contribution is 0.272. The van der Waals surface area contributed by atoms with Crippen LogP contribution in [-0.2, 0) is 0 Å². The largest absolute Gasteiger partial charge is 0.368 e. The number of H-pyrrole nitrogens is 1. The Kier molecular flexibility index (Phi) is 4.36. The highest BCUT2D eigenvalue weighted by Crippen LogP contribution is 2.21. The summed E-state index contributed by atoms with van der Waals surface area (Å²) in [6.45, 7) is 5.86. The molecule has 1 fully saturated rings. The van der Waals surface area contributed by atoms with E-state index in [2.05, 4.69) is 58.2 Å². The summed E-state index contributed by atoms with van der Waals surface area (Å²) in [4.78, 5) is 5.79. The van der Waals surface area contributed by atoms with Crippen LogP contribution in [0.15, 0.2) is 53.6 Å². The number of piperazine rings is 1. The predicted octanol–water partition coefficient (Wildman–Crippen LogP) is 4.29. The molecule has 1 aromatic heterocycles. The third-order valence-corrected chi connectivity index (χ3v) is 4.99. The molecule has 1 N–H and O–H groups in total. The van der Waals surface area contributed by atoms with E-state index in [4.69, 9.17) is 16.7 Å². The standard InChI is InChI=1S/C20H21ClN4/c1-15-19(18-4-2-3-5-20(18)23-15)14-22-25-12-10-24(11-13-25)17-8-6-16(21)7-9-17/h2-9,14,23H,10-13H2,1H3. The summed E-state index contributed by atoms with van der Waals surface area (Å²) in [5.41, 5.74) is 4.72. The van der Waals surface area contributed by atoms with Crippen LogP contribution in [0.25, 0.3) is 10.9 Å². The van der Waals surface area contributed by atoms with E-state index in [-0.39, 0.29) is 0 Å². The Labute approximate surface area is 152 Å². The Morgan fingerprint density at radius 1 is 1.00 bits per heavy atom. The number of halogens is 1. The predicted molar refractivity (Wildman–Crippen MR) is 106 cm³/mol. The number of hydrogen-bond donors (Lipinski definition) is 1. The second-order valence-electron chi connectivity index (χ2n) is 6.37. The first-order valence-electron chi connectivity index (χ1n) is 8.57. The minimum Gasteiger partial charge on any atom is -0.368 e. The van der Waals surface area contributed by atoms with E-state index in [0.717, 1.165) is 42.4 Å². The van der Waals surface area contributed by atoms with E-state index in [1.54, 1.807) is 0 Å². The zero-order valence-electron chi connectivity index (χ0n) is 14.2. The average Bonchev–Trinajstić information content (AvgIpc) is 2.96. The van der Waals surface area contributed by atoms with Crippen molar-refractivity contribution in [3.05, 3.63) is 64.8 Å². The minimum absolute atomic E-state index is 0.779. The molecule has 5 heteroatoms. The molecule has 2 heterocycles. The molecule has 1 aliphatic rings. The van der Waals surface area contributed by atoms with Gasteiger partial charge in [0.25, 0.3) is 0 Å². The lowest BCUT2D eigenvalue weighted by atomic mass is 10.1. The van der Waals surface area contributed by atoms with Crippen LogP contribution >= 0.6 is 11.6 Å². The van der Waals surface area contributed by atoms with Crippen molar-refractivity contribution in [2.75, 3.05) is 31.1 Å². The Balaban J connectivity index is 1.43. The maximum atomic E-state index is 5.97. The third kappa shape index (κ3) is 3.35.